The van der Waals surface area contributed by atoms with Crippen LogP contribution >= 0.6 is 0 Å². The summed E-state index contributed by atoms with van der Waals surface area (Å²) in [5.41, 5.74) is 0. The van der Waals surface area contributed by atoms with E-state index >= 15 is 0 Å². The smallest absolute Gasteiger partial charge is 0.288 e. The maximum atomic E-state index is 12.9. The van der Waals surface area contributed by atoms with Crippen molar-refractivity contribution in [2.24, 2.45) is 5.92 Å². The van der Waals surface area contributed by atoms with Crippen molar-refractivity contribution in [1.29, 1.82) is 0 Å². The van der Waals surface area contributed by atoms with Gasteiger partial charge in [0.1, 0.15) is 5.75 Å². The second-order valence-electron chi connectivity index (χ2n) is 7.16. The molecule has 1 amide bonds. The third kappa shape index (κ3) is 6.18. The third-order valence-corrected chi connectivity index (χ3v) is 6.48. The first-order valence-electron chi connectivity index (χ1n) is 9.65. The van der Waals surface area contributed by atoms with Crippen LogP contribution in [-0.2, 0) is 24.3 Å². The fraction of sp³-hybridized carbons (Fsp3) is 0.550. The van der Waals surface area contributed by atoms with E-state index in [4.69, 9.17) is 14.2 Å². The quantitative estimate of drug-likeness (QED) is 0.577. The van der Waals surface area contributed by atoms with Crippen molar-refractivity contribution in [1.82, 2.24) is 9.21 Å². The molecule has 0 fully saturated rings. The second-order valence-corrected chi connectivity index (χ2v) is 9.10. The molecule has 2 rings (SSSR count). The topological polar surface area (TPSA) is 106 Å². The largest absolute Gasteiger partial charge is 0.497 e. The zero-order valence-electron chi connectivity index (χ0n) is 17.8. The van der Waals surface area contributed by atoms with E-state index in [9.17, 15) is 18.3 Å². The molecule has 9 nitrogen and oxygen atoms in total. The predicted octanol–water partition coefficient (Wildman–Crippen LogP) is 1.05. The number of methoxy groups -OCH3 is 1. The summed E-state index contributed by atoms with van der Waals surface area (Å²) in [7, 11) is 0.962. The van der Waals surface area contributed by atoms with Crippen LogP contribution in [0.2, 0.25) is 0 Å². The van der Waals surface area contributed by atoms with E-state index < -0.39 is 16.3 Å². The Labute approximate surface area is 177 Å². The molecule has 0 radical (unpaired) electrons. The molecule has 1 aliphatic heterocycles. The highest BCUT2D eigenvalue weighted by molar-refractivity contribution is 7.89. The number of aliphatic hydroxyl groups is 1. The number of carbonyl (C=O) groups is 1. The highest BCUT2D eigenvalue weighted by Gasteiger charge is 2.28. The van der Waals surface area contributed by atoms with Gasteiger partial charge in [-0.2, -0.15) is 4.31 Å². The maximum Gasteiger partial charge on any atom is 0.288 e. The van der Waals surface area contributed by atoms with Crippen molar-refractivity contribution in [3.63, 3.8) is 0 Å². The molecule has 0 unspecified atom stereocenters. The summed E-state index contributed by atoms with van der Waals surface area (Å²) >= 11 is 0. The number of aliphatic hydroxyl groups excluding tert-OH is 1. The van der Waals surface area contributed by atoms with Crippen LogP contribution in [0.1, 0.15) is 13.3 Å². The van der Waals surface area contributed by atoms with Crippen molar-refractivity contribution in [3.05, 3.63) is 36.1 Å². The van der Waals surface area contributed by atoms with Gasteiger partial charge in [0, 0.05) is 33.6 Å². The van der Waals surface area contributed by atoms with Gasteiger partial charge in [-0.05, 0) is 36.3 Å². The van der Waals surface area contributed by atoms with Crippen molar-refractivity contribution < 1.29 is 32.5 Å². The summed E-state index contributed by atoms with van der Waals surface area (Å²) in [6.07, 6.45) is 1.66. The summed E-state index contributed by atoms with van der Waals surface area (Å²) in [4.78, 5) is 13.7. The normalized spacial score (nSPS) is 19.2. The minimum atomic E-state index is -3.81. The fourth-order valence-corrected chi connectivity index (χ4v) is 4.36. The summed E-state index contributed by atoms with van der Waals surface area (Å²) in [6, 6.07) is 6.03. The van der Waals surface area contributed by atoms with Crippen LogP contribution < -0.4 is 4.74 Å². The van der Waals surface area contributed by atoms with Crippen LogP contribution in [0, 0.1) is 5.92 Å². The summed E-state index contributed by atoms with van der Waals surface area (Å²) in [5.74, 6) is 0.603. The van der Waals surface area contributed by atoms with E-state index in [1.54, 1.807) is 32.3 Å². The number of sulfonamides is 1. The number of amides is 1. The van der Waals surface area contributed by atoms with Gasteiger partial charge in [0.25, 0.3) is 5.91 Å². The summed E-state index contributed by atoms with van der Waals surface area (Å²) in [6.45, 7) is 1.65. The Hall–Kier alpha value is -2.14. The van der Waals surface area contributed by atoms with E-state index in [1.807, 2.05) is 6.92 Å². The number of hydrogen-bond acceptors (Lipinski definition) is 7. The predicted molar refractivity (Wildman–Crippen MR) is 110 cm³/mol. The van der Waals surface area contributed by atoms with Crippen LogP contribution in [-0.4, -0.2) is 82.4 Å². The number of hydrogen-bond donors (Lipinski definition) is 1. The Morgan fingerprint density at radius 2 is 1.90 bits per heavy atom. The van der Waals surface area contributed by atoms with Gasteiger partial charge in [0.05, 0.1) is 25.2 Å². The first kappa shape index (κ1) is 24.1. The number of carbonyl (C=O) groups excluding carboxylic acids is 1. The Balaban J connectivity index is 2.00. The van der Waals surface area contributed by atoms with E-state index in [0.717, 1.165) is 4.31 Å². The molecule has 0 aromatic heterocycles. The molecular formula is C20H30N2O7S. The molecule has 30 heavy (non-hydrogen) atoms. The number of likely N-dealkylation sites (N-methyl/N-ethyl adjacent to an activating group) is 1. The number of nitrogens with zero attached hydrogens (tertiary/aromatic N) is 2. The van der Waals surface area contributed by atoms with Gasteiger partial charge >= 0.3 is 0 Å². The Morgan fingerprint density at radius 1 is 1.23 bits per heavy atom. The number of ether oxygens (including phenoxy) is 3. The number of allylic oxidation sites excluding steroid dienone is 1. The van der Waals surface area contributed by atoms with Gasteiger partial charge in [-0.25, -0.2) is 8.42 Å². The van der Waals surface area contributed by atoms with Crippen molar-refractivity contribution in [3.8, 4) is 5.75 Å². The molecule has 0 bridgehead atoms. The molecule has 0 spiro atoms. The average Bonchev–Trinajstić information content (AvgIpc) is 2.72. The lowest BCUT2D eigenvalue weighted by atomic mass is 10.0. The molecule has 0 aliphatic carbocycles. The lowest BCUT2D eigenvalue weighted by Crippen LogP contribution is -2.38. The molecule has 168 valence electrons. The van der Waals surface area contributed by atoms with Crippen LogP contribution in [0.25, 0.3) is 0 Å². The molecule has 1 N–H and O–H groups in total. The molecule has 0 saturated heterocycles. The number of rotatable bonds is 10. The zero-order chi connectivity index (χ0) is 22.3. The van der Waals surface area contributed by atoms with Crippen molar-refractivity contribution in [2.45, 2.75) is 24.5 Å². The Kier molecular flexibility index (Phi) is 8.65. The monoisotopic (exact) mass is 442 g/mol. The minimum Gasteiger partial charge on any atom is -0.497 e. The highest BCUT2D eigenvalue weighted by Crippen LogP contribution is 2.24. The van der Waals surface area contributed by atoms with Crippen molar-refractivity contribution in [2.75, 3.05) is 47.5 Å². The average molecular weight is 443 g/mol. The van der Waals surface area contributed by atoms with E-state index in [1.165, 1.54) is 24.1 Å². The third-order valence-electron chi connectivity index (χ3n) is 4.57. The zero-order valence-corrected chi connectivity index (χ0v) is 18.6. The minimum absolute atomic E-state index is 0.0316. The van der Waals surface area contributed by atoms with E-state index in [2.05, 4.69) is 0 Å². The van der Waals surface area contributed by atoms with Crippen LogP contribution in [0.15, 0.2) is 41.0 Å². The molecular weight excluding hydrogens is 412 g/mol. The van der Waals surface area contributed by atoms with Crippen LogP contribution in [0.5, 0.6) is 5.75 Å². The van der Waals surface area contributed by atoms with Gasteiger partial charge in [-0.1, -0.05) is 6.92 Å². The molecule has 1 heterocycles. The van der Waals surface area contributed by atoms with E-state index in [-0.39, 0.29) is 48.8 Å². The molecule has 0 saturated carbocycles. The fourth-order valence-electron chi connectivity index (χ4n) is 2.95. The molecule has 10 heteroatoms. The lowest BCUT2D eigenvalue weighted by Gasteiger charge is -2.29. The molecule has 1 aromatic rings. The maximum absolute atomic E-state index is 12.9. The van der Waals surface area contributed by atoms with E-state index in [0.29, 0.717) is 12.2 Å². The summed E-state index contributed by atoms with van der Waals surface area (Å²) in [5, 5.41) is 9.32. The van der Waals surface area contributed by atoms with Crippen LogP contribution in [0.4, 0.5) is 0 Å². The van der Waals surface area contributed by atoms with Gasteiger partial charge in [0.15, 0.2) is 5.76 Å². The highest BCUT2D eigenvalue weighted by atomic mass is 32.2. The SMILES string of the molecule is COc1ccc(S(=O)(=O)N(CCO)CCO[C@H]2C[C@@H](C)C=C(C(=O)N(C)C)O2)cc1. The second kappa shape index (κ2) is 10.8. The molecule has 2 atom stereocenters. The van der Waals surface area contributed by atoms with Crippen LogP contribution in [0.3, 0.4) is 0 Å². The summed E-state index contributed by atoms with van der Waals surface area (Å²) < 4.78 is 43.4. The molecule has 1 aromatic carbocycles. The number of benzene rings is 1. The van der Waals surface area contributed by atoms with Gasteiger partial charge in [-0.15, -0.1) is 0 Å². The standard InChI is InChI=1S/C20H30N2O7S/c1-15-13-18(20(24)21(2)3)29-19(14-15)28-12-10-22(9-11-23)30(25,26)17-7-5-16(27-4)6-8-17/h5-8,13,15,19,23H,9-12,14H2,1-4H3/t15-,19+/m0/s1. The lowest BCUT2D eigenvalue weighted by molar-refractivity contribution is -0.153. The van der Waals surface area contributed by atoms with Crippen molar-refractivity contribution >= 4 is 15.9 Å². The Bertz CT molecular complexity index is 837. The molecule has 1 aliphatic rings. The first-order valence-corrected chi connectivity index (χ1v) is 11.1. The van der Waals surface area contributed by atoms with Gasteiger partial charge in [-0.3, -0.25) is 4.79 Å². The van der Waals surface area contributed by atoms with Gasteiger partial charge < -0.3 is 24.2 Å². The Morgan fingerprint density at radius 3 is 2.47 bits per heavy atom. The van der Waals surface area contributed by atoms with Gasteiger partial charge in [0.2, 0.25) is 16.3 Å². The first-order chi connectivity index (χ1) is 14.2.